The van der Waals surface area contributed by atoms with Crippen LogP contribution in [0.5, 0.6) is 0 Å². The lowest BCUT2D eigenvalue weighted by atomic mass is 9.99. The van der Waals surface area contributed by atoms with Crippen LogP contribution >= 0.6 is 46.1 Å². The second-order valence-corrected chi connectivity index (χ2v) is 7.53. The number of hydrogen-bond donors (Lipinski definition) is 1. The third kappa shape index (κ3) is 3.94. The van der Waals surface area contributed by atoms with Crippen molar-refractivity contribution in [3.63, 3.8) is 0 Å². The van der Waals surface area contributed by atoms with Crippen molar-refractivity contribution in [3.8, 4) is 0 Å². The summed E-state index contributed by atoms with van der Waals surface area (Å²) in [5, 5.41) is 7.17. The van der Waals surface area contributed by atoms with Crippen LogP contribution in [0, 0.1) is 5.92 Å². The SMILES string of the molecule is CC(NC(c1cccs1)C(C)C)c1ccc(Cl)c(Cl)c1Cl. The standard InChI is InChI=1S/C16H18Cl3NS/c1-9(2)16(13-5-4-8-21-13)20-10(3)11-6-7-12(17)15(19)14(11)18/h4-10,16,20H,1-3H3. The topological polar surface area (TPSA) is 12.0 Å². The summed E-state index contributed by atoms with van der Waals surface area (Å²) in [7, 11) is 0. The van der Waals surface area contributed by atoms with Crippen LogP contribution in [0.2, 0.25) is 15.1 Å². The van der Waals surface area contributed by atoms with E-state index in [1.165, 1.54) is 4.88 Å². The summed E-state index contributed by atoms with van der Waals surface area (Å²) in [5.41, 5.74) is 0.966. The van der Waals surface area contributed by atoms with Crippen molar-refractivity contribution >= 4 is 46.1 Å². The predicted molar refractivity (Wildman–Crippen MR) is 94.9 cm³/mol. The van der Waals surface area contributed by atoms with Crippen LogP contribution in [-0.4, -0.2) is 0 Å². The maximum Gasteiger partial charge on any atom is 0.0781 e. The molecule has 2 unspecified atom stereocenters. The molecule has 5 heteroatoms. The van der Waals surface area contributed by atoms with Crippen molar-refractivity contribution in [1.29, 1.82) is 0 Å². The van der Waals surface area contributed by atoms with Gasteiger partial charge < -0.3 is 5.32 Å². The van der Waals surface area contributed by atoms with Gasteiger partial charge in [0, 0.05) is 17.0 Å². The summed E-state index contributed by atoms with van der Waals surface area (Å²) in [4.78, 5) is 1.33. The first-order chi connectivity index (χ1) is 9.91. The van der Waals surface area contributed by atoms with E-state index in [-0.39, 0.29) is 12.1 Å². The molecule has 0 radical (unpaired) electrons. The number of nitrogens with one attached hydrogen (secondary N) is 1. The van der Waals surface area contributed by atoms with E-state index in [4.69, 9.17) is 34.8 Å². The van der Waals surface area contributed by atoms with Gasteiger partial charge in [0.25, 0.3) is 0 Å². The second-order valence-electron chi connectivity index (χ2n) is 5.39. The molecule has 2 aromatic rings. The van der Waals surface area contributed by atoms with Gasteiger partial charge in [-0.15, -0.1) is 11.3 Å². The van der Waals surface area contributed by atoms with Gasteiger partial charge >= 0.3 is 0 Å². The molecule has 0 bridgehead atoms. The lowest BCUT2D eigenvalue weighted by Crippen LogP contribution is -2.28. The molecule has 2 rings (SSSR count). The number of thiophene rings is 1. The van der Waals surface area contributed by atoms with Gasteiger partial charge in [-0.25, -0.2) is 0 Å². The van der Waals surface area contributed by atoms with Crippen LogP contribution in [0.1, 0.15) is 43.3 Å². The third-order valence-corrected chi connectivity index (χ3v) is 5.74. The molecule has 1 heterocycles. The molecule has 1 aromatic carbocycles. The first kappa shape index (κ1) is 17.1. The van der Waals surface area contributed by atoms with Gasteiger partial charge in [0.2, 0.25) is 0 Å². The zero-order valence-corrected chi connectivity index (χ0v) is 15.2. The molecular weight excluding hydrogens is 345 g/mol. The maximum absolute atomic E-state index is 6.33. The van der Waals surface area contributed by atoms with Crippen molar-refractivity contribution < 1.29 is 0 Å². The minimum Gasteiger partial charge on any atom is -0.302 e. The van der Waals surface area contributed by atoms with Crippen LogP contribution in [-0.2, 0) is 0 Å². The Kier molecular flexibility index (Phi) is 5.98. The molecule has 0 fully saturated rings. The van der Waals surface area contributed by atoms with E-state index in [0.717, 1.165) is 5.56 Å². The molecule has 0 amide bonds. The number of halogens is 3. The average Bonchev–Trinajstić information content (AvgIpc) is 2.95. The average molecular weight is 363 g/mol. The Balaban J connectivity index is 2.24. The van der Waals surface area contributed by atoms with Crippen molar-refractivity contribution in [3.05, 3.63) is 55.2 Å². The van der Waals surface area contributed by atoms with Crippen molar-refractivity contribution in [1.82, 2.24) is 5.32 Å². The van der Waals surface area contributed by atoms with E-state index in [2.05, 4.69) is 43.6 Å². The van der Waals surface area contributed by atoms with E-state index in [1.54, 1.807) is 17.4 Å². The Morgan fingerprint density at radius 3 is 2.29 bits per heavy atom. The summed E-state index contributed by atoms with van der Waals surface area (Å²) in [5.74, 6) is 0.479. The van der Waals surface area contributed by atoms with Crippen LogP contribution < -0.4 is 5.32 Å². The molecule has 0 spiro atoms. The summed E-state index contributed by atoms with van der Waals surface area (Å²) in [6.07, 6.45) is 0. The van der Waals surface area contributed by atoms with Gasteiger partial charge in [-0.1, -0.05) is 60.8 Å². The van der Waals surface area contributed by atoms with Gasteiger partial charge in [-0.05, 0) is 35.9 Å². The first-order valence-electron chi connectivity index (χ1n) is 6.84. The van der Waals surface area contributed by atoms with Crippen LogP contribution in [0.25, 0.3) is 0 Å². The van der Waals surface area contributed by atoms with E-state index in [0.29, 0.717) is 21.0 Å². The number of hydrogen-bond acceptors (Lipinski definition) is 2. The fraction of sp³-hybridized carbons (Fsp3) is 0.375. The molecule has 1 nitrogen and oxygen atoms in total. The van der Waals surface area contributed by atoms with Crippen molar-refractivity contribution in [2.45, 2.75) is 32.9 Å². The molecule has 0 saturated heterocycles. The first-order valence-corrected chi connectivity index (χ1v) is 8.86. The summed E-state index contributed by atoms with van der Waals surface area (Å²) in [6, 6.07) is 8.32. The van der Waals surface area contributed by atoms with E-state index in [1.807, 2.05) is 6.07 Å². The highest BCUT2D eigenvalue weighted by Gasteiger charge is 2.21. The van der Waals surface area contributed by atoms with Crippen LogP contribution in [0.3, 0.4) is 0 Å². The summed E-state index contributed by atoms with van der Waals surface area (Å²) in [6.45, 7) is 6.51. The normalized spacial score (nSPS) is 14.4. The molecule has 2 atom stereocenters. The van der Waals surface area contributed by atoms with Gasteiger partial charge in [-0.3, -0.25) is 0 Å². The van der Waals surface area contributed by atoms with Gasteiger partial charge in [0.15, 0.2) is 0 Å². The molecule has 0 saturated carbocycles. The van der Waals surface area contributed by atoms with Gasteiger partial charge in [0.1, 0.15) is 0 Å². The molecule has 21 heavy (non-hydrogen) atoms. The highest BCUT2D eigenvalue weighted by atomic mass is 35.5. The lowest BCUT2D eigenvalue weighted by Gasteiger charge is -2.26. The third-order valence-electron chi connectivity index (χ3n) is 3.48. The molecule has 0 aliphatic heterocycles. The maximum atomic E-state index is 6.33. The van der Waals surface area contributed by atoms with Crippen LogP contribution in [0.4, 0.5) is 0 Å². The van der Waals surface area contributed by atoms with Crippen molar-refractivity contribution in [2.75, 3.05) is 0 Å². The lowest BCUT2D eigenvalue weighted by molar-refractivity contribution is 0.379. The van der Waals surface area contributed by atoms with E-state index in [9.17, 15) is 0 Å². The van der Waals surface area contributed by atoms with E-state index < -0.39 is 0 Å². The molecule has 0 aliphatic rings. The smallest absolute Gasteiger partial charge is 0.0781 e. The Morgan fingerprint density at radius 1 is 1.00 bits per heavy atom. The molecule has 1 aromatic heterocycles. The largest absolute Gasteiger partial charge is 0.302 e. The monoisotopic (exact) mass is 361 g/mol. The summed E-state index contributed by atoms with van der Waals surface area (Å²) >= 11 is 20.2. The fourth-order valence-corrected chi connectivity index (χ4v) is 3.97. The number of benzene rings is 1. The highest BCUT2D eigenvalue weighted by molar-refractivity contribution is 7.10. The minimum atomic E-state index is 0.0850. The van der Waals surface area contributed by atoms with E-state index >= 15 is 0 Å². The van der Waals surface area contributed by atoms with Gasteiger partial charge in [-0.2, -0.15) is 0 Å². The minimum absolute atomic E-state index is 0.0850. The van der Waals surface area contributed by atoms with Crippen molar-refractivity contribution in [2.24, 2.45) is 5.92 Å². The quantitative estimate of drug-likeness (QED) is 0.579. The zero-order chi connectivity index (χ0) is 15.6. The fourth-order valence-electron chi connectivity index (χ4n) is 2.31. The Hall–Kier alpha value is -0.250. The molecule has 1 N–H and O–H groups in total. The molecule has 0 aliphatic carbocycles. The van der Waals surface area contributed by atoms with Gasteiger partial charge in [0.05, 0.1) is 15.1 Å². The zero-order valence-electron chi connectivity index (χ0n) is 12.2. The molecule has 114 valence electrons. The Bertz CT molecular complexity index is 596. The Morgan fingerprint density at radius 2 is 1.71 bits per heavy atom. The number of rotatable bonds is 5. The highest BCUT2D eigenvalue weighted by Crippen LogP contribution is 2.37. The molecular formula is C16H18Cl3NS. The second kappa shape index (κ2) is 7.34. The Labute approximate surface area is 145 Å². The predicted octanol–water partition coefficient (Wildman–Crippen LogP) is 6.76. The summed E-state index contributed by atoms with van der Waals surface area (Å²) < 4.78 is 0. The van der Waals surface area contributed by atoms with Crippen LogP contribution in [0.15, 0.2) is 29.6 Å².